The number of benzene rings is 1. The number of pyridine rings is 1. The molecule has 3 nitrogen and oxygen atoms in total. The first-order chi connectivity index (χ1) is 9.00. The minimum Gasteiger partial charge on any atom is -0.478 e. The number of aryl methyl sites for hydroxylation is 1. The highest BCUT2D eigenvalue weighted by molar-refractivity contribution is 5.91. The molecule has 0 radical (unpaired) electrons. The van der Waals surface area contributed by atoms with E-state index in [9.17, 15) is 9.90 Å². The van der Waals surface area contributed by atoms with E-state index in [0.29, 0.717) is 11.3 Å². The molecule has 0 amide bonds. The summed E-state index contributed by atoms with van der Waals surface area (Å²) < 4.78 is 0. The minimum absolute atomic E-state index is 0.0922. The molecule has 1 heterocycles. The Labute approximate surface area is 112 Å². The molecule has 0 unspecified atom stereocenters. The first-order valence-corrected chi connectivity index (χ1v) is 6.31. The predicted octanol–water partition coefficient (Wildman–Crippen LogP) is 3.88. The van der Waals surface area contributed by atoms with Crippen molar-refractivity contribution in [3.8, 4) is 11.1 Å². The Morgan fingerprint density at radius 3 is 2.37 bits per heavy atom. The van der Waals surface area contributed by atoms with Gasteiger partial charge in [-0.3, -0.25) is 4.98 Å². The fourth-order valence-corrected chi connectivity index (χ4v) is 2.15. The Morgan fingerprint density at radius 1 is 1.21 bits per heavy atom. The van der Waals surface area contributed by atoms with Crippen molar-refractivity contribution in [2.75, 3.05) is 0 Å². The third-order valence-electron chi connectivity index (χ3n) is 3.10. The molecule has 0 aliphatic carbocycles. The van der Waals surface area contributed by atoms with Gasteiger partial charge >= 0.3 is 5.97 Å². The van der Waals surface area contributed by atoms with E-state index in [1.807, 2.05) is 51.1 Å². The Bertz CT molecular complexity index is 604. The van der Waals surface area contributed by atoms with E-state index in [4.69, 9.17) is 0 Å². The Morgan fingerprint density at radius 2 is 1.84 bits per heavy atom. The van der Waals surface area contributed by atoms with Crippen molar-refractivity contribution >= 4 is 5.97 Å². The first-order valence-electron chi connectivity index (χ1n) is 6.31. The van der Waals surface area contributed by atoms with E-state index in [0.717, 1.165) is 16.8 Å². The van der Waals surface area contributed by atoms with Crippen LogP contribution in [0.3, 0.4) is 0 Å². The number of carboxylic acids is 1. The van der Waals surface area contributed by atoms with E-state index in [-0.39, 0.29) is 5.92 Å². The highest BCUT2D eigenvalue weighted by Crippen LogP contribution is 2.27. The third kappa shape index (κ3) is 2.65. The molecular formula is C16H17NO2. The van der Waals surface area contributed by atoms with E-state index >= 15 is 0 Å². The largest absolute Gasteiger partial charge is 0.478 e. The van der Waals surface area contributed by atoms with Crippen LogP contribution in [-0.4, -0.2) is 16.1 Å². The van der Waals surface area contributed by atoms with Gasteiger partial charge in [-0.05, 0) is 24.5 Å². The van der Waals surface area contributed by atoms with Gasteiger partial charge in [0.1, 0.15) is 0 Å². The molecule has 0 spiro atoms. The number of carbonyl (C=O) groups is 1. The smallest absolute Gasteiger partial charge is 0.337 e. The Balaban J connectivity index is 2.65. The number of hydrogen-bond donors (Lipinski definition) is 1. The van der Waals surface area contributed by atoms with Gasteiger partial charge in [-0.15, -0.1) is 0 Å². The van der Waals surface area contributed by atoms with Gasteiger partial charge in [0.05, 0.1) is 11.3 Å². The monoisotopic (exact) mass is 255 g/mol. The van der Waals surface area contributed by atoms with Crippen molar-refractivity contribution in [2.24, 2.45) is 0 Å². The van der Waals surface area contributed by atoms with Crippen molar-refractivity contribution in [1.29, 1.82) is 0 Å². The van der Waals surface area contributed by atoms with Crippen molar-refractivity contribution in [2.45, 2.75) is 26.7 Å². The molecular weight excluding hydrogens is 238 g/mol. The second-order valence-corrected chi connectivity index (χ2v) is 4.88. The minimum atomic E-state index is -0.923. The maximum atomic E-state index is 11.4. The van der Waals surface area contributed by atoms with E-state index in [1.165, 1.54) is 0 Å². The zero-order chi connectivity index (χ0) is 14.0. The average molecular weight is 255 g/mol. The fraction of sp³-hybridized carbons (Fsp3) is 0.250. The molecule has 2 rings (SSSR count). The summed E-state index contributed by atoms with van der Waals surface area (Å²) in [5.74, 6) is -0.831. The summed E-state index contributed by atoms with van der Waals surface area (Å²) in [6, 6.07) is 11.5. The lowest BCUT2D eigenvalue weighted by Crippen LogP contribution is -2.08. The molecule has 1 N–H and O–H groups in total. The number of rotatable bonds is 3. The number of nitrogens with zero attached hydrogens (tertiary/aromatic N) is 1. The SMILES string of the molecule is Cc1nc(C(C)C)c(C(=O)O)cc1-c1ccccc1. The fourth-order valence-electron chi connectivity index (χ4n) is 2.15. The lowest BCUT2D eigenvalue weighted by atomic mass is 9.97. The third-order valence-corrected chi connectivity index (χ3v) is 3.10. The lowest BCUT2D eigenvalue weighted by molar-refractivity contribution is 0.0694. The molecule has 1 aromatic heterocycles. The van der Waals surface area contributed by atoms with Crippen LogP contribution < -0.4 is 0 Å². The molecule has 0 fully saturated rings. The topological polar surface area (TPSA) is 50.2 Å². The number of carboxylic acid groups (broad SMARTS) is 1. The number of aromatic nitrogens is 1. The normalized spacial score (nSPS) is 10.7. The average Bonchev–Trinajstić information content (AvgIpc) is 2.39. The molecule has 98 valence electrons. The number of hydrogen-bond acceptors (Lipinski definition) is 2. The second kappa shape index (κ2) is 5.22. The summed E-state index contributed by atoms with van der Waals surface area (Å²) in [5.41, 5.74) is 3.66. The van der Waals surface area contributed by atoms with Gasteiger partial charge in [-0.25, -0.2) is 4.79 Å². The maximum absolute atomic E-state index is 11.4. The zero-order valence-electron chi connectivity index (χ0n) is 11.3. The second-order valence-electron chi connectivity index (χ2n) is 4.88. The quantitative estimate of drug-likeness (QED) is 0.905. The van der Waals surface area contributed by atoms with Crippen LogP contribution in [0.25, 0.3) is 11.1 Å². The molecule has 2 aromatic rings. The van der Waals surface area contributed by atoms with Crippen LogP contribution in [0.1, 0.15) is 41.5 Å². The summed E-state index contributed by atoms with van der Waals surface area (Å²) >= 11 is 0. The van der Waals surface area contributed by atoms with Gasteiger partial charge in [0.15, 0.2) is 0 Å². The molecule has 0 aliphatic rings. The standard InChI is InChI=1S/C16H17NO2/c1-10(2)15-14(16(18)19)9-13(11(3)17-15)12-7-5-4-6-8-12/h4-10H,1-3H3,(H,18,19). The first kappa shape index (κ1) is 13.3. The van der Waals surface area contributed by atoms with Gasteiger partial charge in [0.2, 0.25) is 0 Å². The van der Waals surface area contributed by atoms with Gasteiger partial charge in [0.25, 0.3) is 0 Å². The summed E-state index contributed by atoms with van der Waals surface area (Å²) in [6.45, 7) is 5.83. The van der Waals surface area contributed by atoms with Gasteiger partial charge < -0.3 is 5.11 Å². The Hall–Kier alpha value is -2.16. The van der Waals surface area contributed by atoms with Crippen LogP contribution >= 0.6 is 0 Å². The molecule has 1 aromatic carbocycles. The lowest BCUT2D eigenvalue weighted by Gasteiger charge is -2.13. The van der Waals surface area contributed by atoms with Crippen LogP contribution in [-0.2, 0) is 0 Å². The van der Waals surface area contributed by atoms with E-state index in [1.54, 1.807) is 6.07 Å². The van der Waals surface area contributed by atoms with Crippen LogP contribution in [0.2, 0.25) is 0 Å². The molecule has 0 bridgehead atoms. The van der Waals surface area contributed by atoms with E-state index in [2.05, 4.69) is 4.98 Å². The molecule has 0 saturated heterocycles. The summed E-state index contributed by atoms with van der Waals surface area (Å²) in [4.78, 5) is 15.9. The van der Waals surface area contributed by atoms with Crippen molar-refractivity contribution in [3.63, 3.8) is 0 Å². The molecule has 19 heavy (non-hydrogen) atoms. The van der Waals surface area contributed by atoms with Crippen molar-refractivity contribution in [3.05, 3.63) is 53.3 Å². The summed E-state index contributed by atoms with van der Waals surface area (Å²) in [7, 11) is 0. The van der Waals surface area contributed by atoms with E-state index < -0.39 is 5.97 Å². The van der Waals surface area contributed by atoms with Gasteiger partial charge in [-0.1, -0.05) is 44.2 Å². The molecule has 0 saturated carbocycles. The van der Waals surface area contributed by atoms with Gasteiger partial charge in [0, 0.05) is 11.3 Å². The van der Waals surface area contributed by atoms with Gasteiger partial charge in [-0.2, -0.15) is 0 Å². The maximum Gasteiger partial charge on any atom is 0.337 e. The van der Waals surface area contributed by atoms with Crippen LogP contribution in [0.4, 0.5) is 0 Å². The highest BCUT2D eigenvalue weighted by Gasteiger charge is 2.17. The van der Waals surface area contributed by atoms with Crippen LogP contribution in [0, 0.1) is 6.92 Å². The zero-order valence-corrected chi connectivity index (χ0v) is 11.3. The highest BCUT2D eigenvalue weighted by atomic mass is 16.4. The Kier molecular flexibility index (Phi) is 3.65. The predicted molar refractivity (Wildman–Crippen MR) is 75.5 cm³/mol. The molecule has 0 aliphatic heterocycles. The molecule has 3 heteroatoms. The summed E-state index contributed by atoms with van der Waals surface area (Å²) in [6.07, 6.45) is 0. The summed E-state index contributed by atoms with van der Waals surface area (Å²) in [5, 5.41) is 9.34. The number of aromatic carboxylic acids is 1. The van der Waals surface area contributed by atoms with Crippen LogP contribution in [0.5, 0.6) is 0 Å². The van der Waals surface area contributed by atoms with Crippen molar-refractivity contribution < 1.29 is 9.90 Å². The van der Waals surface area contributed by atoms with Crippen LogP contribution in [0.15, 0.2) is 36.4 Å². The molecule has 0 atom stereocenters. The van der Waals surface area contributed by atoms with Crippen molar-refractivity contribution in [1.82, 2.24) is 4.98 Å².